The maximum Gasteiger partial charge on any atom is 0.0555 e. The summed E-state index contributed by atoms with van der Waals surface area (Å²) in [6.45, 7) is 4.71. The third-order valence-corrected chi connectivity index (χ3v) is 13.2. The van der Waals surface area contributed by atoms with Gasteiger partial charge in [-0.1, -0.05) is 178 Å². The second kappa shape index (κ2) is 13.2. The fourth-order valence-corrected chi connectivity index (χ4v) is 10.6. The van der Waals surface area contributed by atoms with Crippen LogP contribution < -0.4 is 4.90 Å². The third kappa shape index (κ3) is 5.29. The topological polar surface area (TPSA) is 3.24 Å². The molecule has 10 aromatic rings. The van der Waals surface area contributed by atoms with E-state index in [0.717, 1.165) is 11.4 Å². The fraction of sp³-hybridized carbons (Fsp3) is 0.0545. The Hall–Kier alpha value is -6.74. The van der Waals surface area contributed by atoms with Gasteiger partial charge in [0.1, 0.15) is 0 Å². The van der Waals surface area contributed by atoms with E-state index in [2.05, 4.69) is 219 Å². The molecule has 0 fully saturated rings. The number of hydrogen-bond donors (Lipinski definition) is 0. The molecule has 270 valence electrons. The van der Waals surface area contributed by atoms with Crippen LogP contribution in [0.2, 0.25) is 0 Å². The van der Waals surface area contributed by atoms with Gasteiger partial charge in [0.25, 0.3) is 0 Å². The van der Waals surface area contributed by atoms with Crippen LogP contribution in [-0.2, 0) is 5.41 Å². The molecule has 2 heteroatoms. The molecule has 0 spiro atoms. The Morgan fingerprint density at radius 3 is 1.81 bits per heavy atom. The Morgan fingerprint density at radius 1 is 0.386 bits per heavy atom. The maximum absolute atomic E-state index is 2.50. The molecule has 1 aliphatic carbocycles. The van der Waals surface area contributed by atoms with E-state index in [1.807, 2.05) is 11.3 Å². The van der Waals surface area contributed by atoms with Crippen molar-refractivity contribution < 1.29 is 0 Å². The lowest BCUT2D eigenvalue weighted by Gasteiger charge is -2.29. The molecule has 0 atom stereocenters. The van der Waals surface area contributed by atoms with Gasteiger partial charge in [-0.3, -0.25) is 0 Å². The van der Waals surface area contributed by atoms with E-state index >= 15 is 0 Å². The Balaban J connectivity index is 1.14. The van der Waals surface area contributed by atoms with Gasteiger partial charge in [-0.25, -0.2) is 0 Å². The average molecular weight is 746 g/mol. The Morgan fingerprint density at radius 2 is 0.965 bits per heavy atom. The summed E-state index contributed by atoms with van der Waals surface area (Å²) in [5, 5.41) is 5.05. The van der Waals surface area contributed by atoms with Crippen molar-refractivity contribution in [2.75, 3.05) is 4.90 Å². The molecular formula is C55H39NS. The lowest BCUT2D eigenvalue weighted by molar-refractivity contribution is 0.660. The standard InChI is InChI=1S/C55H39NS/c1-55(2)46-26-9-6-21-44(46)53-41(24-14-27-47(53)55)37-32-34-39(35-33-37)56(49-29-15-31-51-54(49)45-22-8-11-30-50(45)57-51)48-28-10-7-20-42(48)43-25-13-19-38-18-12-23-40(52(38)43)36-16-4-3-5-17-36/h3-35H,1-2H3. The summed E-state index contributed by atoms with van der Waals surface area (Å²) in [6, 6.07) is 73.8. The van der Waals surface area contributed by atoms with E-state index in [1.165, 1.54) is 92.3 Å². The summed E-state index contributed by atoms with van der Waals surface area (Å²) in [5.41, 5.74) is 16.2. The van der Waals surface area contributed by atoms with Gasteiger partial charge in [0.2, 0.25) is 0 Å². The molecule has 0 amide bonds. The molecule has 11 rings (SSSR count). The van der Waals surface area contributed by atoms with E-state index in [-0.39, 0.29) is 5.41 Å². The fourth-order valence-electron chi connectivity index (χ4n) is 9.46. The van der Waals surface area contributed by atoms with Crippen molar-refractivity contribution in [3.05, 3.63) is 211 Å². The molecule has 1 aliphatic rings. The number of fused-ring (bicyclic) bond motifs is 7. The molecule has 0 N–H and O–H groups in total. The second-order valence-corrected chi connectivity index (χ2v) is 16.7. The molecule has 1 heterocycles. The van der Waals surface area contributed by atoms with Crippen LogP contribution in [0, 0.1) is 0 Å². The molecule has 0 unspecified atom stereocenters. The first-order valence-corrected chi connectivity index (χ1v) is 20.6. The minimum absolute atomic E-state index is 0.0492. The predicted octanol–water partition coefficient (Wildman–Crippen LogP) is 16.0. The van der Waals surface area contributed by atoms with E-state index in [4.69, 9.17) is 0 Å². The molecule has 0 aliphatic heterocycles. The van der Waals surface area contributed by atoms with Crippen LogP contribution in [0.3, 0.4) is 0 Å². The number of nitrogens with zero attached hydrogens (tertiary/aromatic N) is 1. The van der Waals surface area contributed by atoms with Crippen molar-refractivity contribution in [2.24, 2.45) is 0 Å². The number of hydrogen-bond acceptors (Lipinski definition) is 2. The minimum Gasteiger partial charge on any atom is -0.309 e. The van der Waals surface area contributed by atoms with E-state index in [1.54, 1.807) is 0 Å². The average Bonchev–Trinajstić information content (AvgIpc) is 3.77. The van der Waals surface area contributed by atoms with Crippen molar-refractivity contribution in [1.82, 2.24) is 0 Å². The zero-order chi connectivity index (χ0) is 38.1. The van der Waals surface area contributed by atoms with Gasteiger partial charge in [0, 0.05) is 36.8 Å². The summed E-state index contributed by atoms with van der Waals surface area (Å²) in [5.74, 6) is 0. The molecule has 1 aromatic heterocycles. The first-order chi connectivity index (χ1) is 28.1. The molecule has 0 saturated heterocycles. The Bertz CT molecular complexity index is 3150. The van der Waals surface area contributed by atoms with Gasteiger partial charge in [-0.05, 0) is 97.2 Å². The first-order valence-electron chi connectivity index (χ1n) is 19.8. The van der Waals surface area contributed by atoms with Gasteiger partial charge in [-0.15, -0.1) is 11.3 Å². The predicted molar refractivity (Wildman–Crippen MR) is 245 cm³/mol. The highest BCUT2D eigenvalue weighted by atomic mass is 32.1. The highest BCUT2D eigenvalue weighted by molar-refractivity contribution is 7.26. The van der Waals surface area contributed by atoms with Crippen LogP contribution in [0.15, 0.2) is 200 Å². The molecular weight excluding hydrogens is 707 g/mol. The lowest BCUT2D eigenvalue weighted by atomic mass is 9.82. The normalized spacial score (nSPS) is 12.9. The minimum atomic E-state index is -0.0492. The van der Waals surface area contributed by atoms with Crippen LogP contribution in [0.1, 0.15) is 25.0 Å². The maximum atomic E-state index is 2.50. The van der Waals surface area contributed by atoms with Gasteiger partial charge >= 0.3 is 0 Å². The van der Waals surface area contributed by atoms with Crippen LogP contribution in [-0.4, -0.2) is 0 Å². The van der Waals surface area contributed by atoms with Crippen LogP contribution in [0.5, 0.6) is 0 Å². The summed E-state index contributed by atoms with van der Waals surface area (Å²) >= 11 is 1.86. The molecule has 1 nitrogen and oxygen atoms in total. The van der Waals surface area contributed by atoms with E-state index < -0.39 is 0 Å². The van der Waals surface area contributed by atoms with Crippen molar-refractivity contribution in [1.29, 1.82) is 0 Å². The zero-order valence-electron chi connectivity index (χ0n) is 31.9. The highest BCUT2D eigenvalue weighted by Gasteiger charge is 2.36. The van der Waals surface area contributed by atoms with Crippen LogP contribution in [0.4, 0.5) is 17.1 Å². The van der Waals surface area contributed by atoms with Gasteiger partial charge in [-0.2, -0.15) is 0 Å². The summed E-state index contributed by atoms with van der Waals surface area (Å²) in [6.07, 6.45) is 0. The quantitative estimate of drug-likeness (QED) is 0.164. The largest absolute Gasteiger partial charge is 0.309 e. The Labute approximate surface area is 337 Å². The summed E-state index contributed by atoms with van der Waals surface area (Å²) in [7, 11) is 0. The third-order valence-electron chi connectivity index (χ3n) is 12.1. The molecule has 57 heavy (non-hydrogen) atoms. The second-order valence-electron chi connectivity index (χ2n) is 15.6. The van der Waals surface area contributed by atoms with Gasteiger partial charge < -0.3 is 4.90 Å². The monoisotopic (exact) mass is 745 g/mol. The number of thiophene rings is 1. The highest BCUT2D eigenvalue weighted by Crippen LogP contribution is 2.53. The first kappa shape index (κ1) is 33.6. The van der Waals surface area contributed by atoms with Crippen molar-refractivity contribution >= 4 is 59.3 Å². The molecule has 0 radical (unpaired) electrons. The zero-order valence-corrected chi connectivity index (χ0v) is 32.7. The van der Waals surface area contributed by atoms with Gasteiger partial charge in [0.05, 0.1) is 11.4 Å². The number of anilines is 3. The lowest BCUT2D eigenvalue weighted by Crippen LogP contribution is -2.14. The number of para-hydroxylation sites is 1. The van der Waals surface area contributed by atoms with Crippen LogP contribution in [0.25, 0.3) is 75.5 Å². The number of benzene rings is 9. The summed E-state index contributed by atoms with van der Waals surface area (Å²) < 4.78 is 2.58. The van der Waals surface area contributed by atoms with E-state index in [9.17, 15) is 0 Å². The molecule has 0 bridgehead atoms. The van der Waals surface area contributed by atoms with Crippen molar-refractivity contribution in [2.45, 2.75) is 19.3 Å². The van der Waals surface area contributed by atoms with Crippen LogP contribution >= 0.6 is 11.3 Å². The SMILES string of the molecule is CC1(C)c2ccccc2-c2c(-c3ccc(N(c4ccccc4-c4cccc5cccc(-c6ccccc6)c45)c4cccc5sc6ccccc6c45)cc3)cccc21. The Kier molecular flexibility index (Phi) is 7.77. The van der Waals surface area contributed by atoms with E-state index in [0.29, 0.717) is 0 Å². The number of rotatable bonds is 6. The summed E-state index contributed by atoms with van der Waals surface area (Å²) in [4.78, 5) is 2.50. The molecule has 9 aromatic carbocycles. The van der Waals surface area contributed by atoms with Gasteiger partial charge in [0.15, 0.2) is 0 Å². The molecule has 0 saturated carbocycles. The smallest absolute Gasteiger partial charge is 0.0555 e. The van der Waals surface area contributed by atoms with Crippen molar-refractivity contribution in [3.63, 3.8) is 0 Å². The van der Waals surface area contributed by atoms with Crippen molar-refractivity contribution in [3.8, 4) is 44.5 Å².